The molecule has 37 heavy (non-hydrogen) atoms. The highest BCUT2D eigenvalue weighted by atomic mass is 31.1. The first kappa shape index (κ1) is 29.1. The van der Waals surface area contributed by atoms with Gasteiger partial charge >= 0.3 is 0 Å². The fraction of sp³-hybridized carbons (Fsp3) is 0.441. The average Bonchev–Trinajstić information content (AvgIpc) is 2.87. The average molecular weight is 516 g/mol. The third-order valence-corrected chi connectivity index (χ3v) is 8.90. The second kappa shape index (κ2) is 12.9. The molecule has 0 bridgehead atoms. The van der Waals surface area contributed by atoms with Crippen LogP contribution in [-0.4, -0.2) is 11.8 Å². The molecule has 0 radical (unpaired) electrons. The summed E-state index contributed by atoms with van der Waals surface area (Å²) in [5, 5.41) is 1.31. The Bertz CT molecular complexity index is 1180. The lowest BCUT2D eigenvalue weighted by atomic mass is 9.87. The molecular weight excluding hydrogens is 469 g/mol. The van der Waals surface area contributed by atoms with E-state index in [2.05, 4.69) is 128 Å². The fourth-order valence-corrected chi connectivity index (χ4v) is 6.25. The van der Waals surface area contributed by atoms with Crippen molar-refractivity contribution in [3.63, 3.8) is 0 Å². The Kier molecular flexibility index (Phi) is 10.1. The minimum absolute atomic E-state index is 0.0512. The second-order valence-electron chi connectivity index (χ2n) is 11.5. The molecule has 0 saturated heterocycles. The largest absolute Gasteiger partial charge is 0.488 e. The van der Waals surface area contributed by atoms with Crippen LogP contribution in [0.2, 0.25) is 0 Å². The molecule has 0 N–H and O–H groups in total. The molecule has 3 aromatic carbocycles. The van der Waals surface area contributed by atoms with Crippen molar-refractivity contribution >= 4 is 20.1 Å². The Labute approximate surface area is 227 Å². The van der Waals surface area contributed by atoms with Crippen molar-refractivity contribution in [2.24, 2.45) is 4.99 Å². The van der Waals surface area contributed by atoms with Crippen molar-refractivity contribution in [3.05, 3.63) is 94.5 Å². The van der Waals surface area contributed by atoms with Crippen LogP contribution in [-0.2, 0) is 11.8 Å². The lowest BCUT2D eigenvalue weighted by molar-refractivity contribution is 0.294. The standard InChI is InChI=1S/C34H46NOP/c1-9-16-26(4)29-21-25(3)22-30(32(29)36-24-27-17-12-11-13-18-27)34(8,10-2)37-31-20-15-14-19-28(31)23-35-33(5,6)7/h11-15,17-23,26,37H,9-10,16,24H2,1-8H3. The summed E-state index contributed by atoms with van der Waals surface area (Å²) in [6, 6.07) is 24.0. The summed E-state index contributed by atoms with van der Waals surface area (Å²) < 4.78 is 6.76. The Balaban J connectivity index is 2.10. The van der Waals surface area contributed by atoms with E-state index in [0.717, 1.165) is 25.0 Å². The molecule has 0 saturated carbocycles. The van der Waals surface area contributed by atoms with Crippen LogP contribution in [0.1, 0.15) is 101 Å². The lowest BCUT2D eigenvalue weighted by Crippen LogP contribution is -2.22. The minimum atomic E-state index is -0.0937. The van der Waals surface area contributed by atoms with E-state index in [1.54, 1.807) is 0 Å². The highest BCUT2D eigenvalue weighted by Crippen LogP contribution is 2.50. The topological polar surface area (TPSA) is 21.6 Å². The number of ether oxygens (including phenoxy) is 1. The summed E-state index contributed by atoms with van der Waals surface area (Å²) in [7, 11) is 0.601. The number of nitrogens with zero attached hydrogens (tertiary/aromatic N) is 1. The van der Waals surface area contributed by atoms with Gasteiger partial charge in [-0.05, 0) is 68.4 Å². The van der Waals surface area contributed by atoms with Gasteiger partial charge in [0.25, 0.3) is 0 Å². The summed E-state index contributed by atoms with van der Waals surface area (Å²) in [6.45, 7) is 18.6. The van der Waals surface area contributed by atoms with Gasteiger partial charge < -0.3 is 4.74 Å². The molecule has 3 unspecified atom stereocenters. The van der Waals surface area contributed by atoms with E-state index < -0.39 is 0 Å². The second-order valence-corrected chi connectivity index (χ2v) is 13.4. The van der Waals surface area contributed by atoms with Crippen LogP contribution >= 0.6 is 8.58 Å². The number of hydrogen-bond donors (Lipinski definition) is 0. The van der Waals surface area contributed by atoms with Crippen molar-refractivity contribution in [2.75, 3.05) is 0 Å². The summed E-state index contributed by atoms with van der Waals surface area (Å²) in [6.07, 6.45) is 5.41. The third kappa shape index (κ3) is 8.02. The van der Waals surface area contributed by atoms with Gasteiger partial charge in [0.1, 0.15) is 12.4 Å². The SMILES string of the molecule is CCCC(C)c1cc(C)cc(C(C)(CC)Pc2ccccc2C=NC(C)(C)C)c1OCc1ccccc1. The van der Waals surface area contributed by atoms with Crippen molar-refractivity contribution in [1.82, 2.24) is 0 Å². The van der Waals surface area contributed by atoms with Crippen LogP contribution in [0.5, 0.6) is 5.75 Å². The van der Waals surface area contributed by atoms with Gasteiger partial charge in [0.2, 0.25) is 0 Å². The zero-order valence-electron chi connectivity index (χ0n) is 24.2. The van der Waals surface area contributed by atoms with Crippen LogP contribution in [0.25, 0.3) is 0 Å². The van der Waals surface area contributed by atoms with E-state index in [4.69, 9.17) is 9.73 Å². The van der Waals surface area contributed by atoms with Gasteiger partial charge in [-0.15, -0.1) is 0 Å². The molecule has 0 aliphatic rings. The third-order valence-electron chi connectivity index (χ3n) is 7.00. The number of aliphatic imine (C=N–C) groups is 1. The van der Waals surface area contributed by atoms with E-state index in [0.29, 0.717) is 21.1 Å². The van der Waals surface area contributed by atoms with Crippen LogP contribution in [0, 0.1) is 6.92 Å². The van der Waals surface area contributed by atoms with Crippen LogP contribution in [0.3, 0.4) is 0 Å². The zero-order chi connectivity index (χ0) is 27.1. The maximum absolute atomic E-state index is 6.76. The monoisotopic (exact) mass is 515 g/mol. The van der Waals surface area contributed by atoms with Crippen molar-refractivity contribution < 1.29 is 4.74 Å². The number of hydrogen-bond acceptors (Lipinski definition) is 2. The highest BCUT2D eigenvalue weighted by molar-refractivity contribution is 7.48. The van der Waals surface area contributed by atoms with Crippen LogP contribution in [0.15, 0.2) is 71.7 Å². The van der Waals surface area contributed by atoms with Crippen molar-refractivity contribution in [3.8, 4) is 5.75 Å². The first-order valence-electron chi connectivity index (χ1n) is 13.8. The Morgan fingerprint density at radius 1 is 0.946 bits per heavy atom. The van der Waals surface area contributed by atoms with Gasteiger partial charge in [-0.25, -0.2) is 0 Å². The zero-order valence-corrected chi connectivity index (χ0v) is 25.2. The molecule has 3 atom stereocenters. The van der Waals surface area contributed by atoms with Gasteiger partial charge in [0.15, 0.2) is 0 Å². The molecule has 0 aromatic heterocycles. The number of benzene rings is 3. The van der Waals surface area contributed by atoms with Gasteiger partial charge in [-0.2, -0.15) is 0 Å². The summed E-state index contributed by atoms with van der Waals surface area (Å²) in [5.74, 6) is 1.54. The normalized spacial score (nSPS) is 14.8. The molecule has 3 aromatic rings. The lowest BCUT2D eigenvalue weighted by Gasteiger charge is -2.34. The molecule has 0 aliphatic carbocycles. The first-order chi connectivity index (χ1) is 17.6. The predicted molar refractivity (Wildman–Crippen MR) is 165 cm³/mol. The summed E-state index contributed by atoms with van der Waals surface area (Å²) >= 11 is 0. The molecule has 0 heterocycles. The maximum Gasteiger partial charge on any atom is 0.127 e. The van der Waals surface area contributed by atoms with Gasteiger partial charge in [-0.3, -0.25) is 4.99 Å². The Hall–Kier alpha value is -2.44. The molecule has 0 spiro atoms. The van der Waals surface area contributed by atoms with E-state index in [1.165, 1.54) is 33.1 Å². The van der Waals surface area contributed by atoms with Gasteiger partial charge in [0, 0.05) is 16.9 Å². The van der Waals surface area contributed by atoms with E-state index in [-0.39, 0.29) is 10.7 Å². The van der Waals surface area contributed by atoms with Gasteiger partial charge in [0.05, 0.1) is 5.54 Å². The smallest absolute Gasteiger partial charge is 0.127 e. The minimum Gasteiger partial charge on any atom is -0.488 e. The molecule has 0 amide bonds. The maximum atomic E-state index is 6.76. The molecule has 0 fully saturated rings. The quantitative estimate of drug-likeness (QED) is 0.184. The molecular formula is C34H46NOP. The highest BCUT2D eigenvalue weighted by Gasteiger charge is 2.32. The number of rotatable bonds is 11. The first-order valence-corrected chi connectivity index (χ1v) is 14.8. The molecule has 0 aliphatic heterocycles. The van der Waals surface area contributed by atoms with Crippen LogP contribution < -0.4 is 10.0 Å². The van der Waals surface area contributed by atoms with E-state index in [9.17, 15) is 0 Å². The van der Waals surface area contributed by atoms with Crippen molar-refractivity contribution in [2.45, 2.75) is 97.9 Å². The summed E-state index contributed by atoms with van der Waals surface area (Å²) in [4.78, 5) is 4.82. The Morgan fingerprint density at radius 3 is 2.27 bits per heavy atom. The van der Waals surface area contributed by atoms with Crippen molar-refractivity contribution in [1.29, 1.82) is 0 Å². The van der Waals surface area contributed by atoms with Crippen LogP contribution in [0.4, 0.5) is 0 Å². The number of aryl methyl sites for hydroxylation is 1. The fourth-order valence-electron chi connectivity index (χ4n) is 4.69. The Morgan fingerprint density at radius 2 is 1.62 bits per heavy atom. The molecule has 2 nitrogen and oxygen atoms in total. The van der Waals surface area contributed by atoms with E-state index >= 15 is 0 Å². The molecule has 198 valence electrons. The summed E-state index contributed by atoms with van der Waals surface area (Å²) in [5.41, 5.74) is 6.32. The molecule has 3 heteroatoms. The van der Waals surface area contributed by atoms with E-state index in [1.807, 2.05) is 0 Å². The van der Waals surface area contributed by atoms with Gasteiger partial charge in [-0.1, -0.05) is 115 Å². The predicted octanol–water partition coefficient (Wildman–Crippen LogP) is 9.32. The molecule has 3 rings (SSSR count).